The van der Waals surface area contributed by atoms with E-state index in [0.717, 1.165) is 17.7 Å². The van der Waals surface area contributed by atoms with E-state index in [-0.39, 0.29) is 5.39 Å². The van der Waals surface area contributed by atoms with Crippen molar-refractivity contribution >= 4 is 40.9 Å². The molecule has 0 saturated carbocycles. The summed E-state index contributed by atoms with van der Waals surface area (Å²) in [7, 11) is -22.4. The molecule has 2 rings (SSSR count). The van der Waals surface area contributed by atoms with Crippen LogP contribution in [0.5, 0.6) is 5.75 Å². The summed E-state index contributed by atoms with van der Waals surface area (Å²) in [4.78, 5) is 0. The molecule has 0 radical (unpaired) electrons. The zero-order valence-electron chi connectivity index (χ0n) is 17.2. The molecule has 8 nitrogen and oxygen atoms in total. The number of alkyl halides is 9. The second-order valence-corrected chi connectivity index (χ2v) is 12.1. The lowest BCUT2D eigenvalue weighted by molar-refractivity contribution is -0.245. The molecule has 0 aromatic heterocycles. The normalized spacial score (nSPS) is 14.7. The fourth-order valence-corrected chi connectivity index (χ4v) is 5.85. The number of rotatable bonds is 9. The van der Waals surface area contributed by atoms with Crippen molar-refractivity contribution in [1.82, 2.24) is 4.13 Å². The molecule has 1 N–H and O–H groups in total. The summed E-state index contributed by atoms with van der Waals surface area (Å²) in [6.07, 6.45) is 0.556. The Morgan fingerprint density at radius 2 is 1.22 bits per heavy atom. The lowest BCUT2D eigenvalue weighted by Crippen LogP contribution is -2.64. The lowest BCUT2D eigenvalue weighted by Gasteiger charge is -2.31. The van der Waals surface area contributed by atoms with Crippen LogP contribution < -0.4 is 8.31 Å². The maximum Gasteiger partial charge on any atom is 0.512 e. The van der Waals surface area contributed by atoms with Gasteiger partial charge >= 0.3 is 42.1 Å². The highest BCUT2D eigenvalue weighted by Crippen LogP contribution is 2.51. The first-order chi connectivity index (χ1) is 15.9. The van der Waals surface area contributed by atoms with Gasteiger partial charge in [0.25, 0.3) is 10.0 Å². The van der Waals surface area contributed by atoms with Crippen molar-refractivity contribution < 1.29 is 69.0 Å². The fourth-order valence-electron chi connectivity index (χ4n) is 2.46. The van der Waals surface area contributed by atoms with Crippen molar-refractivity contribution in [3.05, 3.63) is 42.0 Å². The Morgan fingerprint density at radius 3 is 1.72 bits per heavy atom. The Bertz CT molecular complexity index is 1490. The third-order valence-corrected chi connectivity index (χ3v) is 8.99. The van der Waals surface area contributed by atoms with Gasteiger partial charge in [0, 0.05) is 0 Å². The molecule has 0 unspecified atom stereocenters. The van der Waals surface area contributed by atoms with E-state index in [4.69, 9.17) is 0 Å². The molecule has 0 heterocycles. The summed E-state index contributed by atoms with van der Waals surface area (Å²) in [5, 5.41) is -14.0. The standard InChI is InChI=1S/C16H12F9NO7S3/c1-2-9-3-4-11-8-12(6-5-10(11)7-9)33-36(31,32)15(21,22)13(17,18)14(19,20)34(27,28)26-35(29,30)16(23,24)25/h3-8,26H,2H2,1H3. The first kappa shape index (κ1) is 29.9. The average Bonchev–Trinajstić information content (AvgIpc) is 2.70. The molecule has 2 aromatic rings. The number of aryl methyl sites for hydroxylation is 1. The number of benzene rings is 2. The predicted molar refractivity (Wildman–Crippen MR) is 105 cm³/mol. The van der Waals surface area contributed by atoms with Crippen LogP contribution in [0, 0.1) is 0 Å². The van der Waals surface area contributed by atoms with Crippen LogP contribution in [0.4, 0.5) is 39.5 Å². The van der Waals surface area contributed by atoms with Gasteiger partial charge < -0.3 is 4.18 Å². The lowest BCUT2D eigenvalue weighted by atomic mass is 10.1. The average molecular weight is 597 g/mol. The van der Waals surface area contributed by atoms with Crippen LogP contribution in [0.25, 0.3) is 10.8 Å². The van der Waals surface area contributed by atoms with Gasteiger partial charge in [0.2, 0.25) is 0 Å². The van der Waals surface area contributed by atoms with E-state index in [1.54, 1.807) is 13.0 Å². The van der Waals surface area contributed by atoms with Crippen molar-refractivity contribution in [3.8, 4) is 5.75 Å². The van der Waals surface area contributed by atoms with E-state index < -0.39 is 62.0 Å². The van der Waals surface area contributed by atoms with Gasteiger partial charge in [0.1, 0.15) is 5.75 Å². The second kappa shape index (κ2) is 8.91. The minimum atomic E-state index is -7.85. The van der Waals surface area contributed by atoms with Gasteiger partial charge in [-0.15, -0.1) is 0 Å². The molecule has 0 aliphatic carbocycles. The Labute approximate surface area is 197 Å². The van der Waals surface area contributed by atoms with Gasteiger partial charge in [-0.1, -0.05) is 35.3 Å². The van der Waals surface area contributed by atoms with Gasteiger partial charge in [0.05, 0.1) is 0 Å². The number of sulfonamides is 2. The minimum Gasteiger partial charge on any atom is -0.378 e. The SMILES string of the molecule is CCc1ccc2cc(OS(=O)(=O)C(F)(F)C(F)(F)C(F)(F)S(=O)(=O)NS(=O)(=O)C(F)(F)F)ccc2c1. The zero-order chi connectivity index (χ0) is 28.2. The molecular formula is C16H12F9NO7S3. The molecule has 0 aliphatic heterocycles. The topological polar surface area (TPSA) is 124 Å². The molecule has 20 heteroatoms. The summed E-state index contributed by atoms with van der Waals surface area (Å²) in [5.74, 6) is -8.66. The largest absolute Gasteiger partial charge is 0.512 e. The van der Waals surface area contributed by atoms with Crippen molar-refractivity contribution in [2.75, 3.05) is 0 Å². The van der Waals surface area contributed by atoms with E-state index in [9.17, 15) is 64.8 Å². The van der Waals surface area contributed by atoms with Crippen LogP contribution >= 0.6 is 0 Å². The smallest absolute Gasteiger partial charge is 0.378 e. The molecule has 0 fully saturated rings. The summed E-state index contributed by atoms with van der Waals surface area (Å²) >= 11 is 0. The summed E-state index contributed by atoms with van der Waals surface area (Å²) in [6, 6.07) is 6.90. The van der Waals surface area contributed by atoms with E-state index in [0.29, 0.717) is 17.9 Å². The van der Waals surface area contributed by atoms with E-state index in [1.165, 1.54) is 12.1 Å². The van der Waals surface area contributed by atoms with Gasteiger partial charge in [-0.2, -0.15) is 47.9 Å². The fraction of sp³-hybridized carbons (Fsp3) is 0.375. The van der Waals surface area contributed by atoms with Crippen LogP contribution in [0.15, 0.2) is 36.4 Å². The van der Waals surface area contributed by atoms with Gasteiger partial charge in [-0.3, -0.25) is 0 Å². The highest BCUT2D eigenvalue weighted by atomic mass is 32.3. The number of nitrogens with one attached hydrogen (secondary N) is 1. The monoisotopic (exact) mass is 597 g/mol. The van der Waals surface area contributed by atoms with Crippen LogP contribution in [0.1, 0.15) is 12.5 Å². The maximum absolute atomic E-state index is 14.2. The third kappa shape index (κ3) is 4.94. The number of fused-ring (bicyclic) bond motifs is 1. The first-order valence-electron chi connectivity index (χ1n) is 8.88. The van der Waals surface area contributed by atoms with Gasteiger partial charge in [-0.05, 0) is 34.9 Å². The second-order valence-electron chi connectivity index (χ2n) is 6.88. The molecule has 204 valence electrons. The molecule has 0 atom stereocenters. The first-order valence-corrected chi connectivity index (χ1v) is 13.3. The Morgan fingerprint density at radius 1 is 0.722 bits per heavy atom. The molecular weight excluding hydrogens is 585 g/mol. The van der Waals surface area contributed by atoms with Gasteiger partial charge in [0.15, 0.2) is 0 Å². The quantitative estimate of drug-likeness (QED) is 0.346. The van der Waals surface area contributed by atoms with Crippen LogP contribution in [-0.4, -0.2) is 47.2 Å². The Hall–Kier alpha value is -2.32. The maximum atomic E-state index is 14.2. The van der Waals surface area contributed by atoms with Crippen molar-refractivity contribution in [1.29, 1.82) is 0 Å². The molecule has 0 bridgehead atoms. The molecule has 2 aromatic carbocycles. The predicted octanol–water partition coefficient (Wildman–Crippen LogP) is 3.70. The molecule has 0 amide bonds. The zero-order valence-corrected chi connectivity index (χ0v) is 19.6. The van der Waals surface area contributed by atoms with E-state index >= 15 is 0 Å². The minimum absolute atomic E-state index is 0.115. The summed E-state index contributed by atoms with van der Waals surface area (Å²) in [6.45, 7) is 1.78. The molecule has 0 spiro atoms. The summed E-state index contributed by atoms with van der Waals surface area (Å²) in [5.41, 5.74) is -5.88. The number of hydrogen-bond acceptors (Lipinski definition) is 7. The van der Waals surface area contributed by atoms with Crippen LogP contribution in [0.2, 0.25) is 0 Å². The molecule has 36 heavy (non-hydrogen) atoms. The van der Waals surface area contributed by atoms with Crippen molar-refractivity contribution in [3.63, 3.8) is 0 Å². The Balaban J connectivity index is 2.49. The Kier molecular flexibility index (Phi) is 7.40. The molecule has 0 aliphatic rings. The summed E-state index contributed by atoms with van der Waals surface area (Å²) < 4.78 is 192. The van der Waals surface area contributed by atoms with E-state index in [1.807, 2.05) is 0 Å². The highest BCUT2D eigenvalue weighted by Gasteiger charge is 2.83. The van der Waals surface area contributed by atoms with Crippen molar-refractivity contribution in [2.45, 2.75) is 35.3 Å². The van der Waals surface area contributed by atoms with E-state index in [2.05, 4.69) is 4.18 Å². The molecule has 0 saturated heterocycles. The van der Waals surface area contributed by atoms with Crippen LogP contribution in [-0.2, 0) is 36.6 Å². The number of hydrogen-bond donors (Lipinski definition) is 1. The van der Waals surface area contributed by atoms with Gasteiger partial charge in [-0.25, -0.2) is 16.8 Å². The number of halogens is 9. The third-order valence-electron chi connectivity index (χ3n) is 4.40. The highest BCUT2D eigenvalue weighted by molar-refractivity contribution is 8.05. The van der Waals surface area contributed by atoms with Crippen molar-refractivity contribution in [2.24, 2.45) is 0 Å². The van der Waals surface area contributed by atoms with Crippen LogP contribution in [0.3, 0.4) is 0 Å².